The summed E-state index contributed by atoms with van der Waals surface area (Å²) in [6.45, 7) is 2.30. The van der Waals surface area contributed by atoms with Crippen molar-refractivity contribution in [3.63, 3.8) is 0 Å². The number of hydrogen-bond donors (Lipinski definition) is 0. The molecule has 1 fully saturated rings. The number of aromatic amines is 1. The molecule has 64 valence electrons. The van der Waals surface area contributed by atoms with Gasteiger partial charge in [-0.15, -0.1) is 0 Å². The predicted molar refractivity (Wildman–Crippen MR) is 49.5 cm³/mol. The molecular weight excluding hydrogens is 172 g/mol. The summed E-state index contributed by atoms with van der Waals surface area (Å²) in [6, 6.07) is 5.91. The molecule has 0 amide bonds. The van der Waals surface area contributed by atoms with E-state index in [4.69, 9.17) is 11.6 Å². The Labute approximate surface area is 77.2 Å². The van der Waals surface area contributed by atoms with Crippen molar-refractivity contribution in [2.24, 2.45) is 0 Å². The van der Waals surface area contributed by atoms with E-state index in [0.717, 1.165) is 18.9 Å². The van der Waals surface area contributed by atoms with E-state index in [1.165, 1.54) is 12.8 Å². The smallest absolute Gasteiger partial charge is 0.262 e. The van der Waals surface area contributed by atoms with Crippen molar-refractivity contribution in [1.82, 2.24) is 0 Å². The first-order valence-electron chi connectivity index (χ1n) is 4.29. The van der Waals surface area contributed by atoms with Crippen molar-refractivity contribution >= 4 is 17.4 Å². The molecule has 0 bridgehead atoms. The molecular formula is C9H12ClN2+. The molecule has 1 aliphatic rings. The summed E-state index contributed by atoms with van der Waals surface area (Å²) < 4.78 is 0. The molecule has 1 aromatic rings. The van der Waals surface area contributed by atoms with Gasteiger partial charge >= 0.3 is 0 Å². The average molecular weight is 184 g/mol. The first-order valence-corrected chi connectivity index (χ1v) is 4.67. The Kier molecular flexibility index (Phi) is 2.17. The summed E-state index contributed by atoms with van der Waals surface area (Å²) in [5.41, 5.74) is 0. The third-order valence-corrected chi connectivity index (χ3v) is 2.41. The monoisotopic (exact) mass is 183 g/mol. The van der Waals surface area contributed by atoms with E-state index >= 15 is 0 Å². The van der Waals surface area contributed by atoms with Crippen LogP contribution < -0.4 is 9.88 Å². The second-order valence-corrected chi connectivity index (χ2v) is 3.49. The van der Waals surface area contributed by atoms with Gasteiger partial charge in [0.2, 0.25) is 0 Å². The molecule has 0 aliphatic carbocycles. The number of aromatic nitrogens is 1. The topological polar surface area (TPSA) is 17.4 Å². The molecule has 2 heterocycles. The number of H-pyrrole nitrogens is 1. The summed E-state index contributed by atoms with van der Waals surface area (Å²) in [5, 5.41) is 0.708. The van der Waals surface area contributed by atoms with E-state index in [9.17, 15) is 0 Å². The number of nitrogens with zero attached hydrogens (tertiary/aromatic N) is 1. The van der Waals surface area contributed by atoms with E-state index in [-0.39, 0.29) is 0 Å². The number of nitrogens with one attached hydrogen (secondary N) is 1. The number of halogens is 1. The molecule has 0 unspecified atom stereocenters. The van der Waals surface area contributed by atoms with Crippen LogP contribution in [-0.2, 0) is 0 Å². The van der Waals surface area contributed by atoms with Crippen molar-refractivity contribution in [1.29, 1.82) is 0 Å². The Morgan fingerprint density at radius 3 is 2.67 bits per heavy atom. The summed E-state index contributed by atoms with van der Waals surface area (Å²) in [4.78, 5) is 5.47. The third-order valence-electron chi connectivity index (χ3n) is 2.19. The van der Waals surface area contributed by atoms with E-state index < -0.39 is 0 Å². The quantitative estimate of drug-likeness (QED) is 0.607. The highest BCUT2D eigenvalue weighted by molar-refractivity contribution is 6.28. The molecule has 0 atom stereocenters. The molecule has 12 heavy (non-hydrogen) atoms. The van der Waals surface area contributed by atoms with Crippen LogP contribution in [0.3, 0.4) is 0 Å². The van der Waals surface area contributed by atoms with Crippen LogP contribution in [0.2, 0.25) is 5.15 Å². The minimum Gasteiger partial charge on any atom is -0.262 e. The Bertz CT molecular complexity index is 269. The van der Waals surface area contributed by atoms with Crippen LogP contribution >= 0.6 is 11.6 Å². The highest BCUT2D eigenvalue weighted by Gasteiger charge is 2.19. The second kappa shape index (κ2) is 3.31. The number of hydrogen-bond acceptors (Lipinski definition) is 1. The summed E-state index contributed by atoms with van der Waals surface area (Å²) >= 11 is 5.84. The van der Waals surface area contributed by atoms with Gasteiger partial charge < -0.3 is 0 Å². The zero-order valence-electron chi connectivity index (χ0n) is 6.89. The molecule has 0 radical (unpaired) electrons. The van der Waals surface area contributed by atoms with Gasteiger partial charge in [0.1, 0.15) is 0 Å². The summed E-state index contributed by atoms with van der Waals surface area (Å²) in [5.74, 6) is 1.14. The minimum atomic E-state index is 0.708. The summed E-state index contributed by atoms with van der Waals surface area (Å²) in [6.07, 6.45) is 2.58. The molecule has 1 aliphatic heterocycles. The Morgan fingerprint density at radius 1 is 1.25 bits per heavy atom. The maximum Gasteiger partial charge on any atom is 0.275 e. The van der Waals surface area contributed by atoms with Crippen molar-refractivity contribution in [2.45, 2.75) is 12.8 Å². The van der Waals surface area contributed by atoms with Gasteiger partial charge in [-0.1, -0.05) is 0 Å². The molecule has 1 N–H and O–H groups in total. The van der Waals surface area contributed by atoms with E-state index in [2.05, 4.69) is 16.0 Å². The summed E-state index contributed by atoms with van der Waals surface area (Å²) in [7, 11) is 0. The van der Waals surface area contributed by atoms with Crippen LogP contribution in [0.25, 0.3) is 0 Å². The fourth-order valence-corrected chi connectivity index (χ4v) is 1.74. The Balaban J connectivity index is 2.21. The molecule has 0 saturated carbocycles. The maximum atomic E-state index is 5.84. The predicted octanol–water partition coefficient (Wildman–Crippen LogP) is 1.75. The number of rotatable bonds is 1. The van der Waals surface area contributed by atoms with Gasteiger partial charge in [0, 0.05) is 6.07 Å². The molecule has 0 aromatic carbocycles. The van der Waals surface area contributed by atoms with Crippen molar-refractivity contribution < 1.29 is 4.98 Å². The van der Waals surface area contributed by atoms with Gasteiger partial charge in [0.15, 0.2) is 5.15 Å². The van der Waals surface area contributed by atoms with Gasteiger partial charge in [0.25, 0.3) is 5.82 Å². The van der Waals surface area contributed by atoms with Crippen molar-refractivity contribution in [3.8, 4) is 0 Å². The molecule has 1 aromatic heterocycles. The number of pyridine rings is 1. The lowest BCUT2D eigenvalue weighted by Crippen LogP contribution is -2.25. The molecule has 0 spiro atoms. The largest absolute Gasteiger partial charge is 0.275 e. The van der Waals surface area contributed by atoms with Crippen LogP contribution in [0.1, 0.15) is 12.8 Å². The first-order chi connectivity index (χ1) is 5.86. The fourth-order valence-electron chi connectivity index (χ4n) is 1.57. The minimum absolute atomic E-state index is 0.708. The lowest BCUT2D eigenvalue weighted by Gasteiger charge is -2.07. The van der Waals surface area contributed by atoms with Crippen molar-refractivity contribution in [3.05, 3.63) is 23.4 Å². The lowest BCUT2D eigenvalue weighted by molar-refractivity contribution is -0.361. The fraction of sp³-hybridized carbons (Fsp3) is 0.444. The van der Waals surface area contributed by atoms with Crippen LogP contribution in [0.15, 0.2) is 18.2 Å². The highest BCUT2D eigenvalue weighted by Crippen LogP contribution is 2.15. The van der Waals surface area contributed by atoms with Crippen LogP contribution in [0.5, 0.6) is 0 Å². The number of anilines is 1. The van der Waals surface area contributed by atoms with Gasteiger partial charge in [-0.25, -0.2) is 4.98 Å². The maximum absolute atomic E-state index is 5.84. The van der Waals surface area contributed by atoms with Gasteiger partial charge in [-0.2, -0.15) is 0 Å². The third kappa shape index (κ3) is 1.53. The SMILES string of the molecule is Clc1cccc(N2CCCC2)[nH+]1. The van der Waals surface area contributed by atoms with Crippen LogP contribution in [0.4, 0.5) is 5.82 Å². The van der Waals surface area contributed by atoms with Crippen LogP contribution in [0, 0.1) is 0 Å². The lowest BCUT2D eigenvalue weighted by atomic mass is 10.4. The molecule has 2 rings (SSSR count). The van der Waals surface area contributed by atoms with Crippen molar-refractivity contribution in [2.75, 3.05) is 18.0 Å². The van der Waals surface area contributed by atoms with E-state index in [1.807, 2.05) is 12.1 Å². The Morgan fingerprint density at radius 2 is 2.00 bits per heavy atom. The zero-order chi connectivity index (χ0) is 8.39. The van der Waals surface area contributed by atoms with E-state index in [0.29, 0.717) is 5.15 Å². The first kappa shape index (κ1) is 7.87. The normalized spacial score (nSPS) is 16.9. The molecule has 2 nitrogen and oxygen atoms in total. The van der Waals surface area contributed by atoms with E-state index in [1.54, 1.807) is 0 Å². The standard InChI is InChI=1S/C9H11ClN2/c10-8-4-3-5-9(11-8)12-6-1-2-7-12/h3-5H,1-2,6-7H2/p+1. The molecule has 3 heteroatoms. The van der Waals surface area contributed by atoms with Crippen LogP contribution in [-0.4, -0.2) is 13.1 Å². The van der Waals surface area contributed by atoms with Gasteiger partial charge in [0.05, 0.1) is 13.1 Å². The average Bonchev–Trinajstić information content (AvgIpc) is 2.56. The zero-order valence-corrected chi connectivity index (χ0v) is 7.64. The van der Waals surface area contributed by atoms with Gasteiger partial charge in [-0.3, -0.25) is 4.90 Å². The molecule has 1 saturated heterocycles. The Hall–Kier alpha value is -0.760. The highest BCUT2D eigenvalue weighted by atomic mass is 35.5. The van der Waals surface area contributed by atoms with Gasteiger partial charge in [-0.05, 0) is 36.6 Å². The second-order valence-electron chi connectivity index (χ2n) is 3.08.